The summed E-state index contributed by atoms with van der Waals surface area (Å²) < 4.78 is 64.7. The lowest BCUT2D eigenvalue weighted by molar-refractivity contribution is -0.142. The third-order valence-electron chi connectivity index (χ3n) is 4.15. The zero-order valence-electron chi connectivity index (χ0n) is 13.0. The Balaban J connectivity index is 2.08. The van der Waals surface area contributed by atoms with Gasteiger partial charge in [-0.3, -0.25) is 0 Å². The molecule has 0 fully saturated rings. The van der Waals surface area contributed by atoms with E-state index in [4.69, 9.17) is 0 Å². The van der Waals surface area contributed by atoms with Crippen LogP contribution in [0.2, 0.25) is 0 Å². The predicted octanol–water partition coefficient (Wildman–Crippen LogP) is 2.25. The van der Waals surface area contributed by atoms with E-state index in [0.717, 1.165) is 0 Å². The van der Waals surface area contributed by atoms with Gasteiger partial charge in [0.2, 0.25) is 0 Å². The Morgan fingerprint density at radius 1 is 1.28 bits per heavy atom. The smallest absolute Gasteiger partial charge is 0.396 e. The Morgan fingerprint density at radius 3 is 2.56 bits per heavy atom. The largest absolute Gasteiger partial charge is 0.435 e. The molecule has 1 atom stereocenters. The number of aliphatic hydroxyl groups is 1. The number of aromatic nitrogens is 2. The Hall–Kier alpha value is -2.07. The van der Waals surface area contributed by atoms with Gasteiger partial charge in [0.15, 0.2) is 5.69 Å². The van der Waals surface area contributed by atoms with Crippen molar-refractivity contribution in [1.29, 1.82) is 0 Å². The molecular weight excluding hydrogens is 359 g/mol. The zero-order chi connectivity index (χ0) is 18.2. The lowest BCUT2D eigenvalue weighted by Gasteiger charge is -2.22. The van der Waals surface area contributed by atoms with Gasteiger partial charge in [-0.2, -0.15) is 31.2 Å². The Labute approximate surface area is 142 Å². The second-order valence-corrected chi connectivity index (χ2v) is 7.46. The van der Waals surface area contributed by atoms with Crippen molar-refractivity contribution in [3.63, 3.8) is 0 Å². The van der Waals surface area contributed by atoms with Crippen LogP contribution >= 0.6 is 0 Å². The molecule has 6 nitrogen and oxygen atoms in total. The van der Waals surface area contributed by atoms with Crippen LogP contribution in [-0.4, -0.2) is 30.0 Å². The minimum atomic E-state index is -4.74. The monoisotopic (exact) mass is 375 g/mol. The Bertz CT molecular complexity index is 863. The van der Waals surface area contributed by atoms with Crippen LogP contribution in [0, 0.1) is 0 Å². The molecule has 0 spiro atoms. The molecule has 0 bridgehead atoms. The number of nitrogens with zero attached hydrogens (tertiary/aromatic N) is 2. The van der Waals surface area contributed by atoms with E-state index < -0.39 is 34.4 Å². The lowest BCUT2D eigenvalue weighted by Crippen LogP contribution is -2.27. The standard InChI is InChI=1S/C15H16F3N3O3S/c16-15(17,18)14-13-10(9-22)5-4-8-12(13)21(19-14)20-25(23,24)11-6-2-1-3-7-11/h1-3,6-7,10,20,22H,4-5,8-9H2. The highest BCUT2D eigenvalue weighted by atomic mass is 32.2. The number of alkyl halides is 3. The van der Waals surface area contributed by atoms with Gasteiger partial charge in [-0.05, 0) is 31.4 Å². The van der Waals surface area contributed by atoms with Crippen LogP contribution in [0.4, 0.5) is 13.2 Å². The Kier molecular flexibility index (Phi) is 4.50. The highest BCUT2D eigenvalue weighted by Crippen LogP contribution is 2.40. The molecule has 10 heteroatoms. The van der Waals surface area contributed by atoms with Crippen molar-refractivity contribution in [1.82, 2.24) is 9.89 Å². The van der Waals surface area contributed by atoms with Gasteiger partial charge >= 0.3 is 6.18 Å². The number of aliphatic hydroxyl groups excluding tert-OH is 1. The van der Waals surface area contributed by atoms with Gasteiger partial charge < -0.3 is 5.11 Å². The first kappa shape index (κ1) is 17.7. The molecule has 0 radical (unpaired) electrons. The van der Waals surface area contributed by atoms with Gasteiger partial charge in [-0.25, -0.2) is 0 Å². The van der Waals surface area contributed by atoms with Gasteiger partial charge in [-0.1, -0.05) is 18.2 Å². The maximum Gasteiger partial charge on any atom is 0.435 e. The maximum atomic E-state index is 13.3. The lowest BCUT2D eigenvalue weighted by atomic mass is 9.85. The summed E-state index contributed by atoms with van der Waals surface area (Å²) in [6.45, 7) is -0.451. The summed E-state index contributed by atoms with van der Waals surface area (Å²) in [5, 5.41) is 12.9. The van der Waals surface area contributed by atoms with Crippen LogP contribution in [0.3, 0.4) is 0 Å². The summed E-state index contributed by atoms with van der Waals surface area (Å²) in [5.74, 6) is -0.713. The molecule has 0 aliphatic heterocycles. The second kappa shape index (κ2) is 6.34. The molecule has 3 rings (SSSR count). The van der Waals surface area contributed by atoms with E-state index in [1.807, 2.05) is 0 Å². The summed E-state index contributed by atoms with van der Waals surface area (Å²) in [5.41, 5.74) is -1.15. The fraction of sp³-hybridized carbons (Fsp3) is 0.400. The molecule has 1 heterocycles. The molecule has 1 aliphatic rings. The molecule has 0 saturated heterocycles. The minimum absolute atomic E-state index is 0.0812. The van der Waals surface area contributed by atoms with Gasteiger partial charge in [0.25, 0.3) is 10.0 Å². The topological polar surface area (TPSA) is 84.2 Å². The molecule has 1 aromatic carbocycles. The number of rotatable bonds is 4. The highest BCUT2D eigenvalue weighted by molar-refractivity contribution is 7.92. The number of hydrogen-bond donors (Lipinski definition) is 2. The SMILES string of the molecule is O=S(=O)(Nn1nc(C(F)(F)F)c2c1CCCC2CO)c1ccccc1. The predicted molar refractivity (Wildman–Crippen MR) is 83.0 cm³/mol. The van der Waals surface area contributed by atoms with Crippen molar-refractivity contribution in [2.45, 2.75) is 36.3 Å². The molecule has 1 aliphatic carbocycles. The van der Waals surface area contributed by atoms with Crippen LogP contribution < -0.4 is 4.83 Å². The highest BCUT2D eigenvalue weighted by Gasteiger charge is 2.42. The second-order valence-electron chi connectivity index (χ2n) is 5.80. The van der Waals surface area contributed by atoms with Gasteiger partial charge in [0.1, 0.15) is 0 Å². The van der Waals surface area contributed by atoms with Crippen LogP contribution in [0.25, 0.3) is 0 Å². The van der Waals surface area contributed by atoms with Crippen LogP contribution in [-0.2, 0) is 22.6 Å². The third kappa shape index (κ3) is 3.36. The first-order valence-corrected chi connectivity index (χ1v) is 9.10. The van der Waals surface area contributed by atoms with Crippen molar-refractivity contribution in [2.75, 3.05) is 11.4 Å². The molecule has 136 valence electrons. The number of sulfonamides is 1. The van der Waals surface area contributed by atoms with Gasteiger partial charge in [0, 0.05) is 11.5 Å². The third-order valence-corrected chi connectivity index (χ3v) is 5.45. The molecule has 2 N–H and O–H groups in total. The first-order valence-electron chi connectivity index (χ1n) is 7.61. The van der Waals surface area contributed by atoms with Crippen LogP contribution in [0.5, 0.6) is 0 Å². The molecule has 1 unspecified atom stereocenters. The quantitative estimate of drug-likeness (QED) is 0.859. The fourth-order valence-electron chi connectivity index (χ4n) is 3.03. The van der Waals surface area contributed by atoms with Crippen molar-refractivity contribution < 1.29 is 26.7 Å². The average molecular weight is 375 g/mol. The van der Waals surface area contributed by atoms with E-state index in [0.29, 0.717) is 17.6 Å². The van der Waals surface area contributed by atoms with E-state index in [1.165, 1.54) is 24.3 Å². The molecule has 25 heavy (non-hydrogen) atoms. The average Bonchev–Trinajstić information content (AvgIpc) is 2.94. The number of fused-ring (bicyclic) bond motifs is 1. The number of halogens is 3. The number of benzene rings is 1. The van der Waals surface area contributed by atoms with Crippen molar-refractivity contribution in [3.8, 4) is 0 Å². The van der Waals surface area contributed by atoms with E-state index in [9.17, 15) is 26.7 Å². The summed E-state index contributed by atoms with van der Waals surface area (Å²) in [7, 11) is -4.08. The molecule has 2 aromatic rings. The Morgan fingerprint density at radius 2 is 1.96 bits per heavy atom. The van der Waals surface area contributed by atoms with Crippen molar-refractivity contribution in [2.24, 2.45) is 0 Å². The van der Waals surface area contributed by atoms with E-state index in [-0.39, 0.29) is 22.6 Å². The number of hydrogen-bond acceptors (Lipinski definition) is 4. The molecule has 0 saturated carbocycles. The minimum Gasteiger partial charge on any atom is -0.396 e. The maximum absolute atomic E-state index is 13.3. The summed E-state index contributed by atoms with van der Waals surface area (Å²) in [4.78, 5) is 2.70. The fourth-order valence-corrected chi connectivity index (χ4v) is 4.03. The summed E-state index contributed by atoms with van der Waals surface area (Å²) in [6.07, 6.45) is -3.57. The van der Waals surface area contributed by atoms with E-state index in [2.05, 4.69) is 9.93 Å². The molecule has 0 amide bonds. The van der Waals surface area contributed by atoms with Gasteiger partial charge in [0.05, 0.1) is 17.2 Å². The van der Waals surface area contributed by atoms with Crippen LogP contribution in [0.1, 0.15) is 35.7 Å². The normalized spacial score (nSPS) is 18.0. The first-order chi connectivity index (χ1) is 11.7. The van der Waals surface area contributed by atoms with Crippen LogP contribution in [0.15, 0.2) is 35.2 Å². The van der Waals surface area contributed by atoms with E-state index >= 15 is 0 Å². The zero-order valence-corrected chi connectivity index (χ0v) is 13.8. The summed E-state index contributed by atoms with van der Waals surface area (Å²) in [6, 6.07) is 7.31. The van der Waals surface area contributed by atoms with E-state index in [1.54, 1.807) is 6.07 Å². The molecular formula is C15H16F3N3O3S. The van der Waals surface area contributed by atoms with Crippen molar-refractivity contribution >= 4 is 10.0 Å². The molecule has 1 aromatic heterocycles. The summed E-state index contributed by atoms with van der Waals surface area (Å²) >= 11 is 0. The van der Waals surface area contributed by atoms with Gasteiger partial charge in [-0.15, -0.1) is 5.10 Å². The number of nitrogens with one attached hydrogen (secondary N) is 1. The van der Waals surface area contributed by atoms with Crippen molar-refractivity contribution in [3.05, 3.63) is 47.3 Å².